The number of benzene rings is 3. The van der Waals surface area contributed by atoms with Gasteiger partial charge in [-0.3, -0.25) is 18.7 Å². The van der Waals surface area contributed by atoms with Gasteiger partial charge in [-0.05, 0) is 34.8 Å². The lowest BCUT2D eigenvalue weighted by Gasteiger charge is -2.40. The molecule has 0 saturated carbocycles. The fourth-order valence-electron chi connectivity index (χ4n) is 4.08. The molecule has 3 aromatic rings. The lowest BCUT2D eigenvalue weighted by molar-refractivity contribution is -0.146. The Bertz CT molecular complexity index is 1420. The van der Waals surface area contributed by atoms with Crippen LogP contribution in [0.5, 0.6) is 0 Å². The number of rotatable bonds is 18. The van der Waals surface area contributed by atoms with Gasteiger partial charge in [-0.2, -0.15) is 0 Å². The van der Waals surface area contributed by atoms with Crippen LogP contribution in [0.15, 0.2) is 91.0 Å². The van der Waals surface area contributed by atoms with Crippen LogP contribution in [0.3, 0.4) is 0 Å². The summed E-state index contributed by atoms with van der Waals surface area (Å²) in [6.45, 7) is 14.0. The highest BCUT2D eigenvalue weighted by atomic mass is 31.2. The van der Waals surface area contributed by atoms with Gasteiger partial charge in [0.1, 0.15) is 13.2 Å². The number of hydrogen-bond acceptors (Lipinski definition) is 9. The Balaban J connectivity index is 1.69. The molecule has 0 heterocycles. The van der Waals surface area contributed by atoms with Crippen LogP contribution in [0.25, 0.3) is 0 Å². The fourth-order valence-corrected chi connectivity index (χ4v) is 6.28. The summed E-state index contributed by atoms with van der Waals surface area (Å²) in [5.74, 6) is -0.610. The third kappa shape index (κ3) is 13.7. The maximum Gasteiger partial charge on any atom is 0.478 e. The molecule has 12 heteroatoms. The van der Waals surface area contributed by atoms with Gasteiger partial charge in [0.2, 0.25) is 6.79 Å². The lowest BCUT2D eigenvalue weighted by Crippen LogP contribution is -2.47. The van der Waals surface area contributed by atoms with Crippen LogP contribution in [0, 0.1) is 5.41 Å². The molecule has 1 amide bonds. The Labute approximate surface area is 286 Å². The van der Waals surface area contributed by atoms with E-state index >= 15 is 0 Å². The van der Waals surface area contributed by atoms with Crippen molar-refractivity contribution in [3.8, 4) is 0 Å². The van der Waals surface area contributed by atoms with E-state index in [4.69, 9.17) is 27.5 Å². The van der Waals surface area contributed by atoms with Gasteiger partial charge in [0, 0.05) is 18.6 Å². The molecule has 3 rings (SSSR count). The summed E-state index contributed by atoms with van der Waals surface area (Å²) in [6.07, 6.45) is -0.857. The van der Waals surface area contributed by atoms with Crippen LogP contribution in [0.4, 0.5) is 4.79 Å². The molecule has 0 unspecified atom stereocenters. The summed E-state index contributed by atoms with van der Waals surface area (Å²) in [5, 5.41) is -0.000611. The van der Waals surface area contributed by atoms with Crippen molar-refractivity contribution >= 4 is 28.2 Å². The summed E-state index contributed by atoms with van der Waals surface area (Å²) >= 11 is 0. The van der Waals surface area contributed by atoms with Crippen molar-refractivity contribution in [2.45, 2.75) is 72.6 Å². The second kappa shape index (κ2) is 17.9. The number of hydrogen-bond donors (Lipinski definition) is 0. The third-order valence-corrected chi connectivity index (χ3v) is 13.7. The Kier molecular flexibility index (Phi) is 14.6. The summed E-state index contributed by atoms with van der Waals surface area (Å²) < 4.78 is 47.6. The Morgan fingerprint density at radius 2 is 1.15 bits per heavy atom. The van der Waals surface area contributed by atoms with E-state index in [9.17, 15) is 14.2 Å². The predicted octanol–water partition coefficient (Wildman–Crippen LogP) is 8.73. The van der Waals surface area contributed by atoms with E-state index in [1.807, 2.05) is 105 Å². The summed E-state index contributed by atoms with van der Waals surface area (Å²) in [6, 6.07) is 27.5. The van der Waals surface area contributed by atoms with E-state index in [0.29, 0.717) is 6.61 Å². The van der Waals surface area contributed by atoms with E-state index in [2.05, 4.69) is 33.9 Å². The normalized spacial score (nSPS) is 12.4. The third-order valence-electron chi connectivity index (χ3n) is 7.93. The van der Waals surface area contributed by atoms with Crippen LogP contribution in [-0.2, 0) is 56.7 Å². The van der Waals surface area contributed by atoms with E-state index in [1.54, 1.807) is 0 Å². The zero-order valence-electron chi connectivity index (χ0n) is 29.2. The van der Waals surface area contributed by atoms with Crippen molar-refractivity contribution in [1.82, 2.24) is 4.90 Å². The summed E-state index contributed by atoms with van der Waals surface area (Å²) in [5.41, 5.74) is 1.77. The molecule has 0 aliphatic rings. The second-order valence-corrected chi connectivity index (χ2v) is 20.3. The second-order valence-electron chi connectivity index (χ2n) is 13.8. The molecule has 3 aromatic carbocycles. The van der Waals surface area contributed by atoms with Gasteiger partial charge in [-0.25, -0.2) is 13.9 Å². The maximum absolute atomic E-state index is 13.6. The number of ether oxygens (including phenoxy) is 2. The Morgan fingerprint density at radius 3 is 1.60 bits per heavy atom. The van der Waals surface area contributed by atoms with Gasteiger partial charge < -0.3 is 13.9 Å². The van der Waals surface area contributed by atoms with Crippen molar-refractivity contribution in [2.75, 3.05) is 26.5 Å². The van der Waals surface area contributed by atoms with E-state index < -0.39 is 40.4 Å². The predicted molar refractivity (Wildman–Crippen MR) is 187 cm³/mol. The molecule has 0 aromatic heterocycles. The first-order valence-corrected chi connectivity index (χ1v) is 20.3. The zero-order valence-corrected chi connectivity index (χ0v) is 31.1. The van der Waals surface area contributed by atoms with Gasteiger partial charge in [0.15, 0.2) is 8.32 Å². The minimum atomic E-state index is -4.20. The number of esters is 1. The van der Waals surface area contributed by atoms with Gasteiger partial charge in [0.05, 0.1) is 13.2 Å². The molecule has 262 valence electrons. The van der Waals surface area contributed by atoms with Crippen molar-refractivity contribution in [2.24, 2.45) is 5.41 Å². The molecule has 0 spiro atoms. The fraction of sp³-hybridized carbons (Fsp3) is 0.444. The van der Waals surface area contributed by atoms with Gasteiger partial charge in [-0.15, -0.1) is 0 Å². The number of phosphoric acid groups is 1. The van der Waals surface area contributed by atoms with Gasteiger partial charge in [-0.1, -0.05) is 126 Å². The molecule has 0 aliphatic heterocycles. The number of carbonyl (C=O) groups excluding carboxylic acids is 2. The largest absolute Gasteiger partial charge is 0.478 e. The number of carbonyl (C=O) groups is 2. The highest BCUT2D eigenvalue weighted by Gasteiger charge is 2.39. The van der Waals surface area contributed by atoms with Crippen molar-refractivity contribution < 1.29 is 41.6 Å². The Morgan fingerprint density at radius 1 is 0.688 bits per heavy atom. The molecule has 10 nitrogen and oxygen atoms in total. The monoisotopic (exact) mass is 699 g/mol. The first-order chi connectivity index (χ1) is 22.6. The van der Waals surface area contributed by atoms with Crippen LogP contribution >= 0.6 is 7.82 Å². The average Bonchev–Trinajstić information content (AvgIpc) is 3.05. The van der Waals surface area contributed by atoms with Crippen LogP contribution < -0.4 is 0 Å². The van der Waals surface area contributed by atoms with Gasteiger partial charge in [0.25, 0.3) is 0 Å². The minimum Gasteiger partial charge on any atom is -0.459 e. The molecule has 0 atom stereocenters. The highest BCUT2D eigenvalue weighted by Crippen LogP contribution is 2.51. The van der Waals surface area contributed by atoms with E-state index in [1.165, 1.54) is 4.90 Å². The first-order valence-electron chi connectivity index (χ1n) is 15.9. The van der Waals surface area contributed by atoms with Crippen molar-refractivity contribution in [3.63, 3.8) is 0 Å². The molecular formula is C36H50NO9PSi. The average molecular weight is 700 g/mol. The van der Waals surface area contributed by atoms with Crippen molar-refractivity contribution in [1.29, 1.82) is 0 Å². The standard InChI is InChI=1S/C36H50NO9PSi/c1-35(2,3)48(6,7)46-28-36(4,5)27-37(23-33(38)41-24-30-17-11-8-12-18-30)34(39)42-29-45-47(40,43-25-31-19-13-9-14-20-31)44-26-32-21-15-10-16-22-32/h8-22H,23-29H2,1-7H3. The topological polar surface area (TPSA) is 110 Å². The van der Waals surface area contributed by atoms with Crippen LogP contribution in [0.2, 0.25) is 18.1 Å². The maximum atomic E-state index is 13.6. The smallest absolute Gasteiger partial charge is 0.459 e. The highest BCUT2D eigenvalue weighted by molar-refractivity contribution is 7.48. The molecule has 0 fully saturated rings. The molecule has 0 saturated heterocycles. The lowest BCUT2D eigenvalue weighted by atomic mass is 9.94. The minimum absolute atomic E-state index is 0.000611. The molecule has 0 aliphatic carbocycles. The first kappa shape index (κ1) is 39.1. The molecular weight excluding hydrogens is 649 g/mol. The molecule has 0 bridgehead atoms. The van der Waals surface area contributed by atoms with E-state index in [0.717, 1.165) is 16.7 Å². The number of phosphoric ester groups is 1. The van der Waals surface area contributed by atoms with Crippen molar-refractivity contribution in [3.05, 3.63) is 108 Å². The summed E-state index contributed by atoms with van der Waals surface area (Å²) in [4.78, 5) is 27.6. The number of nitrogens with zero attached hydrogens (tertiary/aromatic N) is 1. The van der Waals surface area contributed by atoms with Crippen LogP contribution in [-0.4, -0.2) is 51.8 Å². The molecule has 0 N–H and O–H groups in total. The SMILES string of the molecule is CC(C)(CO[Si](C)(C)C(C)(C)C)CN(CC(=O)OCc1ccccc1)C(=O)OCOP(=O)(OCc1ccccc1)OCc1ccccc1. The number of amides is 1. The van der Waals surface area contributed by atoms with Crippen LogP contribution in [0.1, 0.15) is 51.3 Å². The van der Waals surface area contributed by atoms with Gasteiger partial charge >= 0.3 is 19.9 Å². The Hall–Kier alpha value is -3.31. The quantitative estimate of drug-likeness (QED) is 0.0557. The molecule has 0 radical (unpaired) electrons. The molecule has 48 heavy (non-hydrogen) atoms. The summed E-state index contributed by atoms with van der Waals surface area (Å²) in [7, 11) is -6.29. The zero-order chi connectivity index (χ0) is 35.3. The van der Waals surface area contributed by atoms with E-state index in [-0.39, 0.29) is 37.9 Å².